The van der Waals surface area contributed by atoms with E-state index >= 15 is 0 Å². The van der Waals surface area contributed by atoms with E-state index in [1.54, 1.807) is 13.8 Å². The monoisotopic (exact) mass is 1660 g/mol. The number of piperazine rings is 5. The lowest BCUT2D eigenvalue weighted by Gasteiger charge is -2.55. The predicted molar refractivity (Wildman–Crippen MR) is 512 cm³/mol. The maximum Gasteiger partial charge on any atom is 0.166 e. The summed E-state index contributed by atoms with van der Waals surface area (Å²) in [5.41, 5.74) is 3.82. The highest BCUT2D eigenvalue weighted by Crippen LogP contribution is 2.44. The van der Waals surface area contributed by atoms with Crippen LogP contribution in [-0.2, 0) is 4.79 Å². The third-order valence-corrected chi connectivity index (χ3v) is 27.1. The molecule has 117 heavy (non-hydrogen) atoms. The van der Waals surface area contributed by atoms with E-state index in [1.165, 1.54) is 201 Å². The van der Waals surface area contributed by atoms with Crippen LogP contribution in [0.1, 0.15) is 332 Å². The summed E-state index contributed by atoms with van der Waals surface area (Å²) in [4.78, 5) is 46.8. The van der Waals surface area contributed by atoms with Crippen molar-refractivity contribution in [3.8, 4) is 0 Å². The highest BCUT2D eigenvalue weighted by atomic mass is 19.1. The molecule has 18 heteroatoms. The van der Waals surface area contributed by atoms with Gasteiger partial charge >= 0.3 is 0 Å². The van der Waals surface area contributed by atoms with E-state index in [1.807, 2.05) is 37.6 Å². The normalized spacial score (nSPS) is 24.9. The molecule has 16 nitrogen and oxygen atoms in total. The molecule has 12 rings (SSSR count). The predicted octanol–water partition coefficient (Wildman–Crippen LogP) is 19.0. The number of rotatable bonds is 2. The van der Waals surface area contributed by atoms with Gasteiger partial charge in [0.15, 0.2) is 6.30 Å². The van der Waals surface area contributed by atoms with E-state index in [4.69, 9.17) is 0 Å². The fourth-order valence-corrected chi connectivity index (χ4v) is 16.6. The molecule has 0 aromatic carbocycles. The summed E-state index contributed by atoms with van der Waals surface area (Å²) < 4.78 is 26.2. The first-order valence-electron chi connectivity index (χ1n) is 47.6. The number of hydrogen-bond acceptors (Lipinski definition) is 16. The molecule has 1 aliphatic carbocycles. The Labute approximate surface area is 730 Å². The van der Waals surface area contributed by atoms with Crippen molar-refractivity contribution in [3.63, 3.8) is 0 Å². The Hall–Kier alpha value is -1.07. The number of Topliss-reactive ketones (excluding diaryl/α,β-unsaturated/α-hetero) is 1. The van der Waals surface area contributed by atoms with Gasteiger partial charge in [0.1, 0.15) is 12.0 Å². The van der Waals surface area contributed by atoms with E-state index < -0.39 is 12.5 Å². The summed E-state index contributed by atoms with van der Waals surface area (Å²) in [5, 5.41) is 0. The Morgan fingerprint density at radius 2 is 0.692 bits per heavy atom. The van der Waals surface area contributed by atoms with Crippen LogP contribution in [-0.4, -0.2) is 372 Å². The number of fused-ring (bicyclic) bond motifs is 3. The van der Waals surface area contributed by atoms with Crippen molar-refractivity contribution in [1.82, 2.24) is 73.5 Å². The zero-order chi connectivity index (χ0) is 90.7. The first-order chi connectivity index (χ1) is 52.9. The molecule has 1 spiro atoms. The van der Waals surface area contributed by atoms with Gasteiger partial charge < -0.3 is 24.5 Å². The van der Waals surface area contributed by atoms with Crippen molar-refractivity contribution in [2.45, 2.75) is 412 Å². The van der Waals surface area contributed by atoms with E-state index in [9.17, 15) is 13.6 Å². The van der Waals surface area contributed by atoms with Crippen LogP contribution in [0.2, 0.25) is 0 Å². The molecule has 0 aromatic rings. The fourth-order valence-electron chi connectivity index (χ4n) is 16.6. The average Bonchev–Trinajstić information content (AvgIpc) is 1.69. The number of ketones is 1. The number of piperidine rings is 5. The maximum atomic E-state index is 13.5. The van der Waals surface area contributed by atoms with Gasteiger partial charge in [-0.2, -0.15) is 0 Å². The first-order valence-corrected chi connectivity index (χ1v) is 47.6. The Balaban J connectivity index is 0.000000647. The molecule has 11 saturated heterocycles. The Bertz CT molecular complexity index is 2510. The molecule has 11 aliphatic heterocycles. The minimum absolute atomic E-state index is 0.0410. The van der Waals surface area contributed by atoms with Crippen molar-refractivity contribution in [2.24, 2.45) is 16.7 Å². The molecule has 0 aromatic heterocycles. The lowest BCUT2D eigenvalue weighted by Crippen LogP contribution is -2.65. The van der Waals surface area contributed by atoms with Gasteiger partial charge in [0.2, 0.25) is 0 Å². The van der Waals surface area contributed by atoms with Crippen LogP contribution in [0.4, 0.5) is 8.78 Å². The van der Waals surface area contributed by atoms with Crippen LogP contribution >= 0.6 is 0 Å². The van der Waals surface area contributed by atoms with Crippen LogP contribution in [0, 0.1) is 16.7 Å². The summed E-state index contributed by atoms with van der Waals surface area (Å²) in [6.45, 7) is 106. The largest absolute Gasteiger partial charge is 0.306 e. The second-order valence-electron chi connectivity index (χ2n) is 48.8. The number of halogens is 2. The highest BCUT2D eigenvalue weighted by Gasteiger charge is 2.51. The number of hydrogen-bond donors (Lipinski definition) is 0. The molecule has 2 bridgehead atoms. The number of likely N-dealkylation sites (tertiary alicyclic amines) is 4. The average molecular weight is 1660 g/mol. The second-order valence-corrected chi connectivity index (χ2v) is 48.8. The summed E-state index contributed by atoms with van der Waals surface area (Å²) in [5.74, 6) is 1.19. The Morgan fingerprint density at radius 1 is 0.376 bits per heavy atom. The topological polar surface area (TPSA) is 65.7 Å². The third kappa shape index (κ3) is 46.8. The molecule has 0 N–H and O–H groups in total. The smallest absolute Gasteiger partial charge is 0.166 e. The molecule has 1 saturated carbocycles. The summed E-state index contributed by atoms with van der Waals surface area (Å²) >= 11 is 0. The zero-order valence-electron chi connectivity index (χ0n) is 86.8. The van der Waals surface area contributed by atoms with E-state index in [-0.39, 0.29) is 22.3 Å². The SMILES string of the molecule is CC(=O)C(C)(C)C.CC(C)(C)N1CCCC1.CC(C)(C)N1CCCCC1.CC(C)(C)N1CCCCC1.CC(F)CN1CCN(C(C)(C)C)CC1.CN(C)C(C)(C)C.CN1CC2CCC1CN2C(C)(C)C.CN1CCC(C(C)(C)C)CC1.CN1CCN(C(C)(C)C)C(F)C1.CN1CCN(C(C)(C)C)CC1.CN1CCN(C(C)(C)C)CC12CC2. The van der Waals surface area contributed by atoms with Gasteiger partial charge in [0, 0.05) is 184 Å². The van der Waals surface area contributed by atoms with Gasteiger partial charge in [0.05, 0.1) is 0 Å². The molecule has 0 amide bonds. The highest BCUT2D eigenvalue weighted by molar-refractivity contribution is 5.80. The van der Waals surface area contributed by atoms with Crippen LogP contribution in [0.5, 0.6) is 0 Å². The second kappa shape index (κ2) is 49.9. The number of carbonyl (C=O) groups is 1. The third-order valence-electron chi connectivity index (χ3n) is 27.1. The summed E-state index contributed by atoms with van der Waals surface area (Å²) in [6.07, 6.45) is 18.2. The first kappa shape index (κ1) is 114. The fraction of sp³-hybridized carbons (Fsp3) is 0.990. The van der Waals surface area contributed by atoms with Gasteiger partial charge in [-0.3, -0.25) is 53.8 Å². The molecular formula is C99H209F2N15O. The zero-order valence-corrected chi connectivity index (χ0v) is 86.8. The van der Waals surface area contributed by atoms with Gasteiger partial charge in [0.25, 0.3) is 0 Å². The van der Waals surface area contributed by atoms with Crippen molar-refractivity contribution >= 4 is 5.78 Å². The minimum Gasteiger partial charge on any atom is -0.306 e. The molecule has 12 fully saturated rings. The van der Waals surface area contributed by atoms with E-state index in [0.717, 1.165) is 57.3 Å². The van der Waals surface area contributed by atoms with Crippen molar-refractivity contribution in [1.29, 1.82) is 0 Å². The number of likely N-dealkylation sites (N-methyl/N-ethyl adjacent to an activating group) is 4. The van der Waals surface area contributed by atoms with E-state index in [0.29, 0.717) is 62.8 Å². The number of alkyl halides is 2. The molecule has 700 valence electrons. The van der Waals surface area contributed by atoms with Crippen LogP contribution in [0.3, 0.4) is 0 Å². The quantitative estimate of drug-likeness (QED) is 0.246. The van der Waals surface area contributed by atoms with Crippen LogP contribution in [0.25, 0.3) is 0 Å². The summed E-state index contributed by atoms with van der Waals surface area (Å²) in [6, 6.07) is 1.64. The van der Waals surface area contributed by atoms with Crippen molar-refractivity contribution in [3.05, 3.63) is 0 Å². The molecule has 4 unspecified atom stereocenters. The molecule has 12 aliphatic rings. The molecule has 11 heterocycles. The Morgan fingerprint density at radius 3 is 0.966 bits per heavy atom. The molecular weight excluding hydrogens is 1450 g/mol. The standard InChI is InChI=1S/C11H23FN2.2C11H22N2.C10H21N.C9H19FN2.C9H20N2.2C9H19N.C8H17N.C6H15N.C6H12O/c1-10(12)9-13-5-7-14(8-6-13)11(2,3)4;1-11(2,3)13-8-9-5-6-10(13)7-12(9)4;1-10(2,3)13-8-7-12(4)11(9-13)5-6-11;1-10(2,3)9-5-7-11(4)8-6-9;1-9(2,3)12-6-5-11(4)7-8(12)10;1-9(2,3)11-7-5-10(4)6-8-11;2*1-9(2,3)10-7-5-4-6-8-10;1-8(2,3)9-6-4-5-7-9;1-6(2,3)7(4)5;1-5(7)6(2,3)4/h10H,5-9H2,1-4H3;9-10H,5-8H2,1-4H3;5-9H2,1-4H3;9H,5-8H2,1-4H3;8H,5-7H2,1-4H3;5-8H2,1-4H3;2*4-8H2,1-3H3;4-7H2,1-3H3;1-5H3;1-4H3. The maximum absolute atomic E-state index is 13.5. The number of nitrogens with zero attached hydrogens (tertiary/aromatic N) is 15. The van der Waals surface area contributed by atoms with Gasteiger partial charge in [-0.25, -0.2) is 8.78 Å². The van der Waals surface area contributed by atoms with Crippen molar-refractivity contribution in [2.75, 3.05) is 213 Å². The van der Waals surface area contributed by atoms with Crippen LogP contribution in [0.15, 0.2) is 0 Å². The lowest BCUT2D eigenvalue weighted by atomic mass is 9.75. The van der Waals surface area contributed by atoms with Gasteiger partial charge in [-0.1, -0.05) is 54.4 Å². The minimum atomic E-state index is -0.802. The molecule has 4 atom stereocenters. The van der Waals surface area contributed by atoms with Crippen LogP contribution < -0.4 is 0 Å². The molecule has 0 radical (unpaired) electrons. The Kier molecular flexibility index (Phi) is 48.6. The summed E-state index contributed by atoms with van der Waals surface area (Å²) in [7, 11) is 15.1. The van der Waals surface area contributed by atoms with Gasteiger partial charge in [-0.05, 0) is 391 Å². The van der Waals surface area contributed by atoms with E-state index in [2.05, 4.69) is 314 Å². The number of carbonyl (C=O) groups excluding carboxylic acids is 1. The van der Waals surface area contributed by atoms with Crippen molar-refractivity contribution < 1.29 is 13.6 Å². The van der Waals surface area contributed by atoms with Gasteiger partial charge in [-0.15, -0.1) is 0 Å². The lowest BCUT2D eigenvalue weighted by molar-refractivity contribution is -0.124.